The molecule has 1 aliphatic carbocycles. The maximum Gasteiger partial charge on any atom is 0.124 e. The van der Waals surface area contributed by atoms with Crippen molar-refractivity contribution < 1.29 is 14.2 Å². The molecule has 1 aliphatic rings. The molecule has 19 heavy (non-hydrogen) atoms. The lowest BCUT2D eigenvalue weighted by Gasteiger charge is -2.10. The molecule has 0 radical (unpaired) electrons. The molecular weight excluding hydrogens is 243 g/mol. The quantitative estimate of drug-likeness (QED) is 0.845. The predicted molar refractivity (Wildman–Crippen MR) is 72.0 cm³/mol. The van der Waals surface area contributed by atoms with Crippen LogP contribution >= 0.6 is 0 Å². The highest BCUT2D eigenvalue weighted by molar-refractivity contribution is 5.37. The Morgan fingerprint density at radius 2 is 2.05 bits per heavy atom. The molecule has 0 aromatic heterocycles. The van der Waals surface area contributed by atoms with Gasteiger partial charge in [0, 0.05) is 12.2 Å². The van der Waals surface area contributed by atoms with E-state index in [1.165, 1.54) is 37.8 Å². The predicted octanol–water partition coefficient (Wildman–Crippen LogP) is 2.88. The van der Waals surface area contributed by atoms with Crippen LogP contribution in [0.15, 0.2) is 18.2 Å². The van der Waals surface area contributed by atoms with Gasteiger partial charge in [0.1, 0.15) is 12.4 Å². The standard InChI is InChI=1S/C16H19FO2/c17-16-9-14(6-3-7-18)8-15(10-16)12-19-11-13-4-1-2-5-13/h8-10,13,18H,1-2,4-5,7,11-12H2. The van der Waals surface area contributed by atoms with Gasteiger partial charge in [0.05, 0.1) is 6.61 Å². The van der Waals surface area contributed by atoms with E-state index in [9.17, 15) is 4.39 Å². The van der Waals surface area contributed by atoms with Crippen LogP contribution in [0.1, 0.15) is 36.8 Å². The van der Waals surface area contributed by atoms with Crippen molar-refractivity contribution in [2.75, 3.05) is 13.2 Å². The van der Waals surface area contributed by atoms with Crippen LogP contribution in [0, 0.1) is 23.6 Å². The van der Waals surface area contributed by atoms with Crippen LogP contribution in [0.3, 0.4) is 0 Å². The molecule has 1 aromatic rings. The van der Waals surface area contributed by atoms with Crippen molar-refractivity contribution in [3.8, 4) is 11.8 Å². The van der Waals surface area contributed by atoms with Gasteiger partial charge < -0.3 is 9.84 Å². The molecule has 1 fully saturated rings. The Morgan fingerprint density at radius 1 is 1.26 bits per heavy atom. The largest absolute Gasteiger partial charge is 0.384 e. The molecule has 0 aliphatic heterocycles. The minimum absolute atomic E-state index is 0.218. The number of benzene rings is 1. The van der Waals surface area contributed by atoms with E-state index < -0.39 is 0 Å². The number of aliphatic hydroxyl groups excluding tert-OH is 1. The SMILES string of the molecule is OCC#Cc1cc(F)cc(COCC2CCCC2)c1. The number of halogens is 1. The minimum Gasteiger partial charge on any atom is -0.384 e. The number of hydrogen-bond acceptors (Lipinski definition) is 2. The molecule has 0 saturated heterocycles. The summed E-state index contributed by atoms with van der Waals surface area (Å²) >= 11 is 0. The summed E-state index contributed by atoms with van der Waals surface area (Å²) in [6, 6.07) is 4.64. The zero-order valence-electron chi connectivity index (χ0n) is 11.0. The fraction of sp³-hybridized carbons (Fsp3) is 0.500. The zero-order chi connectivity index (χ0) is 13.5. The normalized spacial score (nSPS) is 15.3. The van der Waals surface area contributed by atoms with Gasteiger partial charge in [-0.3, -0.25) is 0 Å². The molecule has 2 rings (SSSR count). The van der Waals surface area contributed by atoms with Crippen LogP contribution in [0.5, 0.6) is 0 Å². The highest BCUT2D eigenvalue weighted by Crippen LogP contribution is 2.25. The van der Waals surface area contributed by atoms with E-state index in [4.69, 9.17) is 9.84 Å². The Morgan fingerprint density at radius 3 is 2.79 bits per heavy atom. The Labute approximate surface area is 113 Å². The van der Waals surface area contributed by atoms with Gasteiger partial charge in [-0.15, -0.1) is 0 Å². The summed E-state index contributed by atoms with van der Waals surface area (Å²) in [6.45, 7) is 0.959. The molecular formula is C16H19FO2. The Kier molecular flexibility index (Phi) is 5.38. The van der Waals surface area contributed by atoms with Crippen LogP contribution in [0.25, 0.3) is 0 Å². The number of aliphatic hydroxyl groups is 1. The van der Waals surface area contributed by atoms with Gasteiger partial charge in [0.2, 0.25) is 0 Å². The van der Waals surface area contributed by atoms with Gasteiger partial charge in [-0.25, -0.2) is 4.39 Å². The highest BCUT2D eigenvalue weighted by atomic mass is 19.1. The van der Waals surface area contributed by atoms with Gasteiger partial charge in [-0.1, -0.05) is 24.7 Å². The summed E-state index contributed by atoms with van der Waals surface area (Å²) < 4.78 is 19.1. The first kappa shape index (κ1) is 14.0. The van der Waals surface area contributed by atoms with E-state index in [1.807, 2.05) is 0 Å². The van der Waals surface area contributed by atoms with Crippen molar-refractivity contribution >= 4 is 0 Å². The maximum atomic E-state index is 13.4. The minimum atomic E-state index is -0.316. The Bertz CT molecular complexity index is 467. The van der Waals surface area contributed by atoms with Crippen LogP contribution in [-0.4, -0.2) is 18.3 Å². The van der Waals surface area contributed by atoms with Gasteiger partial charge in [0.25, 0.3) is 0 Å². The Balaban J connectivity index is 1.89. The smallest absolute Gasteiger partial charge is 0.124 e. The molecule has 3 heteroatoms. The molecule has 2 nitrogen and oxygen atoms in total. The van der Waals surface area contributed by atoms with E-state index in [0.29, 0.717) is 18.1 Å². The van der Waals surface area contributed by atoms with Crippen molar-refractivity contribution in [1.29, 1.82) is 0 Å². The highest BCUT2D eigenvalue weighted by Gasteiger charge is 2.14. The molecule has 102 valence electrons. The van der Waals surface area contributed by atoms with Crippen molar-refractivity contribution in [3.63, 3.8) is 0 Å². The van der Waals surface area contributed by atoms with Crippen molar-refractivity contribution in [3.05, 3.63) is 35.1 Å². The molecule has 1 N–H and O–H groups in total. The molecule has 0 spiro atoms. The van der Waals surface area contributed by atoms with Crippen molar-refractivity contribution in [2.24, 2.45) is 5.92 Å². The fourth-order valence-electron chi connectivity index (χ4n) is 2.47. The van der Waals surface area contributed by atoms with E-state index in [2.05, 4.69) is 11.8 Å². The summed E-state index contributed by atoms with van der Waals surface area (Å²) in [5, 5.41) is 8.64. The first-order valence-electron chi connectivity index (χ1n) is 6.75. The third kappa shape index (κ3) is 4.66. The molecule has 0 bridgehead atoms. The van der Waals surface area contributed by atoms with E-state index >= 15 is 0 Å². The third-order valence-corrected chi connectivity index (χ3v) is 3.37. The van der Waals surface area contributed by atoms with Crippen LogP contribution < -0.4 is 0 Å². The summed E-state index contributed by atoms with van der Waals surface area (Å²) in [5.41, 5.74) is 1.37. The average Bonchev–Trinajstić information content (AvgIpc) is 2.89. The first-order chi connectivity index (χ1) is 9.28. The molecule has 0 atom stereocenters. The average molecular weight is 262 g/mol. The van der Waals surface area contributed by atoms with Gasteiger partial charge in [-0.05, 0) is 42.5 Å². The molecule has 1 aromatic carbocycles. The topological polar surface area (TPSA) is 29.5 Å². The van der Waals surface area contributed by atoms with Crippen LogP contribution in [-0.2, 0) is 11.3 Å². The maximum absolute atomic E-state index is 13.4. The Hall–Kier alpha value is -1.37. The molecule has 1 saturated carbocycles. The second kappa shape index (κ2) is 7.28. The molecule has 0 unspecified atom stereocenters. The summed E-state index contributed by atoms with van der Waals surface area (Å²) in [7, 11) is 0. The van der Waals surface area contributed by atoms with E-state index in [1.54, 1.807) is 6.07 Å². The lowest BCUT2D eigenvalue weighted by Crippen LogP contribution is -2.05. The summed E-state index contributed by atoms with van der Waals surface area (Å²) in [4.78, 5) is 0. The first-order valence-corrected chi connectivity index (χ1v) is 6.75. The van der Waals surface area contributed by atoms with Crippen molar-refractivity contribution in [1.82, 2.24) is 0 Å². The lowest BCUT2D eigenvalue weighted by molar-refractivity contribution is 0.0887. The zero-order valence-corrected chi connectivity index (χ0v) is 11.0. The lowest BCUT2D eigenvalue weighted by atomic mass is 10.1. The number of rotatable bonds is 4. The fourth-order valence-corrected chi connectivity index (χ4v) is 2.47. The van der Waals surface area contributed by atoms with E-state index in [0.717, 1.165) is 12.2 Å². The van der Waals surface area contributed by atoms with Gasteiger partial charge in [0.15, 0.2) is 0 Å². The molecule has 0 heterocycles. The van der Waals surface area contributed by atoms with Crippen LogP contribution in [0.2, 0.25) is 0 Å². The number of ether oxygens (including phenoxy) is 1. The monoisotopic (exact) mass is 262 g/mol. The summed E-state index contributed by atoms with van der Waals surface area (Å²) in [5.74, 6) is 5.58. The number of hydrogen-bond donors (Lipinski definition) is 1. The molecule has 0 amide bonds. The third-order valence-electron chi connectivity index (χ3n) is 3.37. The van der Waals surface area contributed by atoms with E-state index in [-0.39, 0.29) is 12.4 Å². The second-order valence-electron chi connectivity index (χ2n) is 4.97. The second-order valence-corrected chi connectivity index (χ2v) is 4.97. The van der Waals surface area contributed by atoms with Crippen LogP contribution in [0.4, 0.5) is 4.39 Å². The van der Waals surface area contributed by atoms with Crippen molar-refractivity contribution in [2.45, 2.75) is 32.3 Å². The van der Waals surface area contributed by atoms with Gasteiger partial charge in [-0.2, -0.15) is 0 Å². The van der Waals surface area contributed by atoms with Gasteiger partial charge >= 0.3 is 0 Å². The summed E-state index contributed by atoms with van der Waals surface area (Å²) in [6.07, 6.45) is 5.09.